The molecule has 0 heterocycles. The molecule has 3 N–H and O–H groups in total. The zero-order valence-corrected chi connectivity index (χ0v) is 11.8. The maximum absolute atomic E-state index is 11.3. The van der Waals surface area contributed by atoms with E-state index in [4.69, 9.17) is 9.84 Å². The van der Waals surface area contributed by atoms with Crippen molar-refractivity contribution in [2.75, 3.05) is 13.7 Å². The second kappa shape index (κ2) is 7.61. The number of aliphatic hydroxyl groups excluding tert-OH is 2. The van der Waals surface area contributed by atoms with E-state index in [2.05, 4.69) is 4.74 Å². The Morgan fingerprint density at radius 2 is 1.95 bits per heavy atom. The molecule has 1 rings (SSSR count). The smallest absolute Gasteiger partial charge is 0.339 e. The summed E-state index contributed by atoms with van der Waals surface area (Å²) < 4.78 is 9.68. The number of esters is 1. The quantitative estimate of drug-likeness (QED) is 0.636. The lowest BCUT2D eigenvalue weighted by Crippen LogP contribution is -2.24. The minimum absolute atomic E-state index is 0.0552. The van der Waals surface area contributed by atoms with E-state index in [1.165, 1.54) is 25.3 Å². The molecule has 116 valence electrons. The fourth-order valence-corrected chi connectivity index (χ4v) is 1.89. The van der Waals surface area contributed by atoms with Crippen LogP contribution in [0.3, 0.4) is 0 Å². The molecular formula is C14H18O7. The van der Waals surface area contributed by atoms with Gasteiger partial charge in [-0.25, -0.2) is 4.79 Å². The highest BCUT2D eigenvalue weighted by Crippen LogP contribution is 2.31. The molecule has 7 heteroatoms. The molecule has 0 bridgehead atoms. The fraction of sp³-hybridized carbons (Fsp3) is 0.429. The summed E-state index contributed by atoms with van der Waals surface area (Å²) in [6.45, 7) is 1.79. The second-order valence-electron chi connectivity index (χ2n) is 4.25. The molecule has 0 amide bonds. The average Bonchev–Trinajstić information content (AvgIpc) is 2.45. The number of methoxy groups -OCH3 is 1. The highest BCUT2D eigenvalue weighted by Gasteiger charge is 2.27. The van der Waals surface area contributed by atoms with Crippen molar-refractivity contribution in [2.45, 2.75) is 25.6 Å². The third-order valence-corrected chi connectivity index (χ3v) is 2.84. The van der Waals surface area contributed by atoms with Gasteiger partial charge >= 0.3 is 11.9 Å². The molecule has 0 fully saturated rings. The van der Waals surface area contributed by atoms with E-state index >= 15 is 0 Å². The van der Waals surface area contributed by atoms with Crippen LogP contribution < -0.4 is 4.74 Å². The highest BCUT2D eigenvalue weighted by atomic mass is 16.5. The van der Waals surface area contributed by atoms with E-state index in [9.17, 15) is 19.8 Å². The van der Waals surface area contributed by atoms with Crippen LogP contribution in [0.25, 0.3) is 0 Å². The lowest BCUT2D eigenvalue weighted by molar-refractivity contribution is -0.147. The van der Waals surface area contributed by atoms with Crippen molar-refractivity contribution >= 4 is 11.9 Å². The van der Waals surface area contributed by atoms with Crippen molar-refractivity contribution in [1.82, 2.24) is 0 Å². The summed E-state index contributed by atoms with van der Waals surface area (Å²) in [6.07, 6.45) is -3.30. The monoisotopic (exact) mass is 298 g/mol. The first-order valence-corrected chi connectivity index (χ1v) is 6.34. The Bertz CT molecular complexity index is 512. The molecule has 0 aliphatic rings. The van der Waals surface area contributed by atoms with E-state index < -0.39 is 30.6 Å². The largest absolute Gasteiger partial charge is 0.495 e. The molecule has 2 unspecified atom stereocenters. The van der Waals surface area contributed by atoms with Crippen molar-refractivity contribution < 1.29 is 34.4 Å². The maximum atomic E-state index is 11.3. The Hall–Kier alpha value is -2.12. The van der Waals surface area contributed by atoms with E-state index in [0.717, 1.165) is 0 Å². The summed E-state index contributed by atoms with van der Waals surface area (Å²) in [7, 11) is 1.26. The van der Waals surface area contributed by atoms with Crippen molar-refractivity contribution in [3.8, 4) is 5.75 Å². The predicted molar refractivity (Wildman–Crippen MR) is 72.2 cm³/mol. The molecule has 1 aromatic carbocycles. The SMILES string of the molecule is CCOC(=O)CC(O)C(O)c1cccc(C(=O)O)c1OC. The molecule has 1 aromatic rings. The number of aromatic carboxylic acids is 1. The van der Waals surface area contributed by atoms with Gasteiger partial charge in [-0.1, -0.05) is 12.1 Å². The molecule has 2 atom stereocenters. The third kappa shape index (κ3) is 4.17. The van der Waals surface area contributed by atoms with Gasteiger partial charge in [0.25, 0.3) is 0 Å². The normalized spacial score (nSPS) is 13.3. The van der Waals surface area contributed by atoms with E-state index in [1.54, 1.807) is 6.92 Å². The lowest BCUT2D eigenvalue weighted by Gasteiger charge is -2.20. The number of hydrogen-bond donors (Lipinski definition) is 3. The number of hydrogen-bond acceptors (Lipinski definition) is 6. The molecule has 7 nitrogen and oxygen atoms in total. The van der Waals surface area contributed by atoms with Crippen LogP contribution in [0.4, 0.5) is 0 Å². The van der Waals surface area contributed by atoms with Crippen LogP contribution >= 0.6 is 0 Å². The van der Waals surface area contributed by atoms with Crippen LogP contribution in [-0.2, 0) is 9.53 Å². The van der Waals surface area contributed by atoms with Gasteiger partial charge in [0, 0.05) is 5.56 Å². The Kier molecular flexibility index (Phi) is 6.13. The molecule has 0 saturated heterocycles. The summed E-state index contributed by atoms with van der Waals surface area (Å²) in [4.78, 5) is 22.4. The second-order valence-corrected chi connectivity index (χ2v) is 4.25. The van der Waals surface area contributed by atoms with Crippen LogP contribution in [0.2, 0.25) is 0 Å². The number of para-hydroxylation sites is 1. The van der Waals surface area contributed by atoms with Crippen molar-refractivity contribution in [3.05, 3.63) is 29.3 Å². The van der Waals surface area contributed by atoms with Crippen LogP contribution in [0.15, 0.2) is 18.2 Å². The fourth-order valence-electron chi connectivity index (χ4n) is 1.89. The lowest BCUT2D eigenvalue weighted by atomic mass is 9.98. The van der Waals surface area contributed by atoms with Crippen LogP contribution in [-0.4, -0.2) is 47.1 Å². The number of aliphatic hydroxyl groups is 2. The number of benzene rings is 1. The van der Waals surface area contributed by atoms with Gasteiger partial charge in [-0.2, -0.15) is 0 Å². The van der Waals surface area contributed by atoms with Crippen LogP contribution in [0.1, 0.15) is 35.4 Å². The average molecular weight is 298 g/mol. The third-order valence-electron chi connectivity index (χ3n) is 2.84. The Morgan fingerprint density at radius 1 is 1.29 bits per heavy atom. The summed E-state index contributed by atoms with van der Waals surface area (Å²) in [5.41, 5.74) is -0.0495. The highest BCUT2D eigenvalue weighted by molar-refractivity contribution is 5.91. The molecular weight excluding hydrogens is 280 g/mol. The number of carbonyl (C=O) groups is 2. The minimum atomic E-state index is -1.47. The summed E-state index contributed by atoms with van der Waals surface area (Å²) in [5, 5.41) is 29.0. The van der Waals surface area contributed by atoms with Crippen molar-refractivity contribution in [3.63, 3.8) is 0 Å². The predicted octanol–water partition coefficient (Wildman–Crippen LogP) is 0.741. The van der Waals surface area contributed by atoms with Crippen LogP contribution in [0, 0.1) is 0 Å². The molecule has 0 radical (unpaired) electrons. The van der Waals surface area contributed by atoms with E-state index in [-0.39, 0.29) is 23.5 Å². The number of carboxylic acids is 1. The summed E-state index contributed by atoms with van der Waals surface area (Å²) in [6, 6.07) is 4.15. The number of carboxylic acid groups (broad SMARTS) is 1. The molecule has 0 spiro atoms. The van der Waals surface area contributed by atoms with Crippen molar-refractivity contribution in [2.24, 2.45) is 0 Å². The molecule has 0 aliphatic heterocycles. The van der Waals surface area contributed by atoms with E-state index in [0.29, 0.717) is 0 Å². The van der Waals surface area contributed by atoms with Gasteiger partial charge in [0.1, 0.15) is 17.4 Å². The molecule has 0 saturated carbocycles. The number of carbonyl (C=O) groups excluding carboxylic acids is 1. The number of rotatable bonds is 7. The van der Waals surface area contributed by atoms with Gasteiger partial charge < -0.3 is 24.8 Å². The topological polar surface area (TPSA) is 113 Å². The van der Waals surface area contributed by atoms with Gasteiger partial charge in [-0.3, -0.25) is 4.79 Å². The zero-order chi connectivity index (χ0) is 16.0. The first-order valence-electron chi connectivity index (χ1n) is 6.34. The van der Waals surface area contributed by atoms with Gasteiger partial charge in [0.05, 0.1) is 26.2 Å². The standard InChI is InChI=1S/C14H18O7/c1-3-21-11(16)7-10(15)12(17)8-5-4-6-9(14(18)19)13(8)20-2/h4-6,10,12,15,17H,3,7H2,1-2H3,(H,18,19). The van der Waals surface area contributed by atoms with Gasteiger partial charge in [-0.15, -0.1) is 0 Å². The van der Waals surface area contributed by atoms with Gasteiger partial charge in [0.15, 0.2) is 0 Å². The first-order chi connectivity index (χ1) is 9.92. The molecule has 21 heavy (non-hydrogen) atoms. The van der Waals surface area contributed by atoms with Gasteiger partial charge in [-0.05, 0) is 13.0 Å². The van der Waals surface area contributed by atoms with Crippen LogP contribution in [0.5, 0.6) is 5.75 Å². The Labute approximate surface area is 121 Å². The maximum Gasteiger partial charge on any atom is 0.339 e. The summed E-state index contributed by atoms with van der Waals surface area (Å²) in [5.74, 6) is -1.93. The van der Waals surface area contributed by atoms with Gasteiger partial charge in [0.2, 0.25) is 0 Å². The number of ether oxygens (including phenoxy) is 2. The van der Waals surface area contributed by atoms with Crippen molar-refractivity contribution in [1.29, 1.82) is 0 Å². The Balaban J connectivity index is 3.01. The Morgan fingerprint density at radius 3 is 2.48 bits per heavy atom. The molecule has 0 aliphatic carbocycles. The van der Waals surface area contributed by atoms with E-state index in [1.807, 2.05) is 0 Å². The molecule has 0 aromatic heterocycles. The minimum Gasteiger partial charge on any atom is -0.495 e. The first kappa shape index (κ1) is 16.9. The zero-order valence-electron chi connectivity index (χ0n) is 11.8. The summed E-state index contributed by atoms with van der Waals surface area (Å²) >= 11 is 0.